The molecule has 0 unspecified atom stereocenters. The van der Waals surface area contributed by atoms with Gasteiger partial charge in [-0.2, -0.15) is 5.10 Å². The quantitative estimate of drug-likeness (QED) is 0.144. The van der Waals surface area contributed by atoms with Gasteiger partial charge in [0.05, 0.1) is 17.2 Å². The number of rotatable bonds is 11. The van der Waals surface area contributed by atoms with Crippen molar-refractivity contribution >= 4 is 40.3 Å². The highest BCUT2D eigenvalue weighted by Crippen LogP contribution is 2.36. The molecule has 4 rings (SSSR count). The molecule has 0 atom stereocenters. The number of hydrogen-bond acceptors (Lipinski definition) is 5. The van der Waals surface area contributed by atoms with Crippen LogP contribution in [0.5, 0.6) is 5.75 Å². The van der Waals surface area contributed by atoms with Crippen LogP contribution < -0.4 is 4.74 Å². The molecule has 0 aliphatic carbocycles. The summed E-state index contributed by atoms with van der Waals surface area (Å²) in [6, 6.07) is 16.2. The summed E-state index contributed by atoms with van der Waals surface area (Å²) in [4.78, 5) is 15.6. The maximum Gasteiger partial charge on any atom is 0.266 e. The van der Waals surface area contributed by atoms with Crippen LogP contribution in [0.25, 0.3) is 23.0 Å². The Hall–Kier alpha value is -2.90. The molecule has 1 saturated heterocycles. The zero-order valence-electron chi connectivity index (χ0n) is 22.1. The Kier molecular flexibility index (Phi) is 9.22. The van der Waals surface area contributed by atoms with Gasteiger partial charge in [0.15, 0.2) is 0 Å². The average Bonchev–Trinajstić information content (AvgIpc) is 3.42. The maximum atomic E-state index is 13.2. The van der Waals surface area contributed by atoms with Crippen molar-refractivity contribution in [2.24, 2.45) is 5.92 Å². The van der Waals surface area contributed by atoms with E-state index in [1.807, 2.05) is 59.4 Å². The molecule has 2 heterocycles. The van der Waals surface area contributed by atoms with Crippen molar-refractivity contribution in [3.05, 3.63) is 70.8 Å². The molecular formula is C30H35N3O2S2. The Balaban J connectivity index is 1.67. The van der Waals surface area contributed by atoms with Crippen LogP contribution in [0.3, 0.4) is 0 Å². The Morgan fingerprint density at radius 3 is 2.59 bits per heavy atom. The fraction of sp³-hybridized carbons (Fsp3) is 0.367. The van der Waals surface area contributed by atoms with Crippen molar-refractivity contribution in [2.45, 2.75) is 53.4 Å². The van der Waals surface area contributed by atoms with Gasteiger partial charge in [-0.25, -0.2) is 4.68 Å². The number of hydrogen-bond donors (Lipinski definition) is 0. The maximum absolute atomic E-state index is 13.2. The standard InChI is InChI=1S/C30H35N3O2S2/c1-5-6-7-11-16-32-29(34)27(37-30(32)36)18-24-19-33(25-12-9-8-10-13-25)31-28(24)23-14-15-26(22(4)17-23)35-20-21(2)3/h8-10,12-15,17-19,21H,5-7,11,16,20H2,1-4H3. The number of ether oxygens (including phenoxy) is 1. The lowest BCUT2D eigenvalue weighted by Crippen LogP contribution is -2.29. The van der Waals surface area contributed by atoms with Crippen LogP contribution in [0.2, 0.25) is 0 Å². The molecule has 194 valence electrons. The first kappa shape index (κ1) is 27.1. The largest absolute Gasteiger partial charge is 0.493 e. The van der Waals surface area contributed by atoms with E-state index in [0.29, 0.717) is 28.3 Å². The molecule has 0 spiro atoms. The summed E-state index contributed by atoms with van der Waals surface area (Å²) < 4.78 is 8.48. The first-order valence-electron chi connectivity index (χ1n) is 13.0. The Bertz CT molecular complexity index is 1280. The third kappa shape index (κ3) is 6.70. The predicted octanol–water partition coefficient (Wildman–Crippen LogP) is 7.66. The van der Waals surface area contributed by atoms with Crippen molar-refractivity contribution in [3.8, 4) is 22.7 Å². The van der Waals surface area contributed by atoms with Gasteiger partial charge in [0, 0.05) is 23.9 Å². The van der Waals surface area contributed by atoms with Crippen LogP contribution >= 0.6 is 24.0 Å². The van der Waals surface area contributed by atoms with Gasteiger partial charge >= 0.3 is 0 Å². The van der Waals surface area contributed by atoms with Crippen LogP contribution in [0.1, 0.15) is 57.6 Å². The molecule has 5 nitrogen and oxygen atoms in total. The van der Waals surface area contributed by atoms with Gasteiger partial charge in [0.1, 0.15) is 15.8 Å². The van der Waals surface area contributed by atoms with Crippen LogP contribution in [0.4, 0.5) is 0 Å². The van der Waals surface area contributed by atoms with E-state index in [1.54, 1.807) is 4.90 Å². The first-order valence-corrected chi connectivity index (χ1v) is 14.2. The van der Waals surface area contributed by atoms with E-state index in [9.17, 15) is 4.79 Å². The number of aryl methyl sites for hydroxylation is 1. The number of amides is 1. The Morgan fingerprint density at radius 2 is 1.89 bits per heavy atom. The smallest absolute Gasteiger partial charge is 0.266 e. The highest BCUT2D eigenvalue weighted by Gasteiger charge is 2.32. The van der Waals surface area contributed by atoms with Crippen molar-refractivity contribution in [1.82, 2.24) is 14.7 Å². The molecule has 0 saturated carbocycles. The molecule has 1 fully saturated rings. The Labute approximate surface area is 229 Å². The number of para-hydroxylation sites is 1. The second-order valence-electron chi connectivity index (χ2n) is 9.79. The minimum absolute atomic E-state index is 0.0153. The van der Waals surface area contributed by atoms with Crippen molar-refractivity contribution in [3.63, 3.8) is 0 Å². The van der Waals surface area contributed by atoms with Gasteiger partial charge in [-0.1, -0.05) is 82.2 Å². The van der Waals surface area contributed by atoms with E-state index < -0.39 is 0 Å². The lowest BCUT2D eigenvalue weighted by Gasteiger charge is -2.13. The molecule has 1 aromatic heterocycles. The topological polar surface area (TPSA) is 47.4 Å². The summed E-state index contributed by atoms with van der Waals surface area (Å²) >= 11 is 6.94. The average molecular weight is 534 g/mol. The minimum atomic E-state index is -0.0153. The molecule has 2 aromatic carbocycles. The normalized spacial score (nSPS) is 14.8. The number of thiocarbonyl (C=S) groups is 1. The third-order valence-corrected chi connectivity index (χ3v) is 7.56. The van der Waals surface area contributed by atoms with Crippen LogP contribution in [-0.2, 0) is 4.79 Å². The van der Waals surface area contributed by atoms with E-state index in [0.717, 1.165) is 53.1 Å². The Morgan fingerprint density at radius 1 is 1.11 bits per heavy atom. The molecule has 0 radical (unpaired) electrons. The van der Waals surface area contributed by atoms with Crippen LogP contribution in [0.15, 0.2) is 59.6 Å². The molecule has 1 aliphatic rings. The molecule has 0 N–H and O–H groups in total. The third-order valence-electron chi connectivity index (χ3n) is 6.18. The van der Waals surface area contributed by atoms with E-state index in [4.69, 9.17) is 22.1 Å². The summed E-state index contributed by atoms with van der Waals surface area (Å²) in [5, 5.41) is 4.94. The van der Waals surface area contributed by atoms with Gasteiger partial charge < -0.3 is 4.74 Å². The lowest BCUT2D eigenvalue weighted by atomic mass is 10.0. The van der Waals surface area contributed by atoms with Gasteiger partial charge in [0.25, 0.3) is 5.91 Å². The molecule has 37 heavy (non-hydrogen) atoms. The number of thioether (sulfide) groups is 1. The molecule has 3 aromatic rings. The van der Waals surface area contributed by atoms with Crippen LogP contribution in [-0.4, -0.2) is 38.1 Å². The van der Waals surface area contributed by atoms with Gasteiger partial charge in [-0.05, 0) is 61.2 Å². The fourth-order valence-electron chi connectivity index (χ4n) is 4.18. The van der Waals surface area contributed by atoms with E-state index >= 15 is 0 Å². The number of carbonyl (C=O) groups is 1. The molecule has 1 amide bonds. The van der Waals surface area contributed by atoms with E-state index in [-0.39, 0.29) is 5.91 Å². The lowest BCUT2D eigenvalue weighted by molar-refractivity contribution is -0.122. The number of nitrogens with zero attached hydrogens (tertiary/aromatic N) is 3. The summed E-state index contributed by atoms with van der Waals surface area (Å²) in [5.41, 5.74) is 4.68. The zero-order chi connectivity index (χ0) is 26.4. The first-order chi connectivity index (χ1) is 17.9. The second kappa shape index (κ2) is 12.6. The molecule has 0 bridgehead atoms. The number of aromatic nitrogens is 2. The number of benzene rings is 2. The molecule has 7 heteroatoms. The van der Waals surface area contributed by atoms with Crippen molar-refractivity contribution in [2.75, 3.05) is 13.2 Å². The summed E-state index contributed by atoms with van der Waals surface area (Å²) in [7, 11) is 0. The second-order valence-corrected chi connectivity index (χ2v) is 11.5. The highest BCUT2D eigenvalue weighted by atomic mass is 32.2. The van der Waals surface area contributed by atoms with Crippen molar-refractivity contribution < 1.29 is 9.53 Å². The van der Waals surface area contributed by atoms with E-state index in [1.165, 1.54) is 18.2 Å². The number of unbranched alkanes of at least 4 members (excludes halogenated alkanes) is 3. The van der Waals surface area contributed by atoms with E-state index in [2.05, 4.69) is 33.8 Å². The predicted molar refractivity (Wildman–Crippen MR) is 158 cm³/mol. The van der Waals surface area contributed by atoms with Crippen LogP contribution in [0, 0.1) is 12.8 Å². The monoisotopic (exact) mass is 533 g/mol. The summed E-state index contributed by atoms with van der Waals surface area (Å²) in [6.45, 7) is 9.86. The summed E-state index contributed by atoms with van der Waals surface area (Å²) in [5.74, 6) is 1.32. The minimum Gasteiger partial charge on any atom is -0.493 e. The van der Waals surface area contributed by atoms with Gasteiger partial charge in [-0.3, -0.25) is 9.69 Å². The number of carbonyl (C=O) groups excluding carboxylic acids is 1. The van der Waals surface area contributed by atoms with Gasteiger partial charge in [-0.15, -0.1) is 0 Å². The summed E-state index contributed by atoms with van der Waals surface area (Å²) in [6.07, 6.45) is 8.33. The fourth-order valence-corrected chi connectivity index (χ4v) is 5.48. The molecular weight excluding hydrogens is 498 g/mol. The van der Waals surface area contributed by atoms with Crippen molar-refractivity contribution in [1.29, 1.82) is 0 Å². The highest BCUT2D eigenvalue weighted by molar-refractivity contribution is 8.26. The SMILES string of the molecule is CCCCCCN1C(=O)C(=Cc2cn(-c3ccccc3)nc2-c2ccc(OCC(C)C)c(C)c2)SC1=S. The zero-order valence-corrected chi connectivity index (χ0v) is 23.7. The molecule has 1 aliphatic heterocycles. The van der Waals surface area contributed by atoms with Gasteiger partial charge in [0.2, 0.25) is 0 Å².